The quantitative estimate of drug-likeness (QED) is 0.483. The molecule has 0 aliphatic rings. The second kappa shape index (κ2) is 10.5. The predicted molar refractivity (Wildman–Crippen MR) is 67.6 cm³/mol. The van der Waals surface area contributed by atoms with Crippen molar-refractivity contribution in [2.75, 3.05) is 26.4 Å². The Morgan fingerprint density at radius 3 is 2.65 bits per heavy atom. The molecule has 1 amide bonds. The lowest BCUT2D eigenvalue weighted by atomic mass is 10.0. The van der Waals surface area contributed by atoms with Crippen LogP contribution in [0.25, 0.3) is 0 Å². The molecule has 4 N–H and O–H groups in total. The molecule has 0 rings (SSSR count). The highest BCUT2D eigenvalue weighted by atomic mass is 16.5. The van der Waals surface area contributed by atoms with Crippen LogP contribution in [0.1, 0.15) is 33.1 Å². The van der Waals surface area contributed by atoms with Crippen LogP contribution < -0.4 is 11.1 Å². The van der Waals surface area contributed by atoms with Crippen LogP contribution in [-0.4, -0.2) is 43.4 Å². The Bertz CT molecular complexity index is 198. The first kappa shape index (κ1) is 16.4. The highest BCUT2D eigenvalue weighted by Crippen LogP contribution is 2.08. The van der Waals surface area contributed by atoms with Crippen LogP contribution in [0, 0.1) is 5.92 Å². The molecular weight excluding hydrogens is 220 g/mol. The molecule has 0 fully saturated rings. The first-order valence-electron chi connectivity index (χ1n) is 6.29. The zero-order valence-electron chi connectivity index (χ0n) is 10.9. The molecule has 0 aromatic rings. The van der Waals surface area contributed by atoms with Gasteiger partial charge in [0.2, 0.25) is 5.91 Å². The average molecular weight is 246 g/mol. The van der Waals surface area contributed by atoms with Crippen molar-refractivity contribution in [3.8, 4) is 0 Å². The molecule has 0 aromatic carbocycles. The Kier molecular flexibility index (Phi) is 10.1. The normalized spacial score (nSPS) is 14.4. The van der Waals surface area contributed by atoms with E-state index in [4.69, 9.17) is 15.6 Å². The van der Waals surface area contributed by atoms with Crippen LogP contribution in [0.15, 0.2) is 0 Å². The van der Waals surface area contributed by atoms with E-state index in [1.54, 1.807) is 0 Å². The minimum absolute atomic E-state index is 0.0155. The first-order valence-corrected chi connectivity index (χ1v) is 6.29. The third kappa shape index (κ3) is 10.2. The van der Waals surface area contributed by atoms with Gasteiger partial charge in [-0.05, 0) is 19.8 Å². The van der Waals surface area contributed by atoms with E-state index in [-0.39, 0.29) is 24.5 Å². The van der Waals surface area contributed by atoms with Crippen LogP contribution in [0.5, 0.6) is 0 Å². The average Bonchev–Trinajstić information content (AvgIpc) is 2.27. The monoisotopic (exact) mass is 246 g/mol. The standard InChI is InChI=1S/C12H26N2O3/c1-10(4-3-5-11(2)13)12(16)14-6-8-17-9-7-15/h10-11,15H,3-9,13H2,1-2H3,(H,14,16). The van der Waals surface area contributed by atoms with E-state index in [1.807, 2.05) is 13.8 Å². The summed E-state index contributed by atoms with van der Waals surface area (Å²) in [6.45, 7) is 5.17. The lowest BCUT2D eigenvalue weighted by Crippen LogP contribution is -2.32. The molecule has 2 unspecified atom stereocenters. The fraction of sp³-hybridized carbons (Fsp3) is 0.917. The zero-order valence-corrected chi connectivity index (χ0v) is 10.9. The number of hydrogen-bond donors (Lipinski definition) is 3. The van der Waals surface area contributed by atoms with E-state index >= 15 is 0 Å². The van der Waals surface area contributed by atoms with Gasteiger partial charge < -0.3 is 20.9 Å². The fourth-order valence-corrected chi connectivity index (χ4v) is 1.46. The summed E-state index contributed by atoms with van der Waals surface area (Å²) in [4.78, 5) is 11.6. The summed E-state index contributed by atoms with van der Waals surface area (Å²) in [6, 6.07) is 0.206. The fourth-order valence-electron chi connectivity index (χ4n) is 1.46. The Morgan fingerprint density at radius 1 is 1.35 bits per heavy atom. The topological polar surface area (TPSA) is 84.6 Å². The van der Waals surface area contributed by atoms with Crippen molar-refractivity contribution in [2.24, 2.45) is 11.7 Å². The minimum atomic E-state index is 0.0155. The van der Waals surface area contributed by atoms with Gasteiger partial charge in [-0.15, -0.1) is 0 Å². The van der Waals surface area contributed by atoms with E-state index in [0.29, 0.717) is 19.8 Å². The van der Waals surface area contributed by atoms with Gasteiger partial charge in [0, 0.05) is 18.5 Å². The number of rotatable bonds is 10. The summed E-state index contributed by atoms with van der Waals surface area (Å²) in [5.41, 5.74) is 5.64. The molecule has 2 atom stereocenters. The second-order valence-electron chi connectivity index (χ2n) is 4.44. The predicted octanol–water partition coefficient (Wildman–Crippen LogP) is 0.265. The zero-order chi connectivity index (χ0) is 13.1. The summed E-state index contributed by atoms with van der Waals surface area (Å²) < 4.78 is 5.04. The Morgan fingerprint density at radius 2 is 2.06 bits per heavy atom. The van der Waals surface area contributed by atoms with Crippen molar-refractivity contribution < 1.29 is 14.6 Å². The smallest absolute Gasteiger partial charge is 0.222 e. The summed E-state index contributed by atoms with van der Waals surface area (Å²) >= 11 is 0. The summed E-state index contributed by atoms with van der Waals surface area (Å²) in [5.74, 6) is 0.0777. The molecule has 0 saturated carbocycles. The van der Waals surface area contributed by atoms with Crippen molar-refractivity contribution >= 4 is 5.91 Å². The first-order chi connectivity index (χ1) is 8.07. The Labute approximate surface area is 104 Å². The number of ether oxygens (including phenoxy) is 1. The molecule has 0 heterocycles. The van der Waals surface area contributed by atoms with Crippen molar-refractivity contribution in [1.82, 2.24) is 5.32 Å². The molecule has 17 heavy (non-hydrogen) atoms. The van der Waals surface area contributed by atoms with Crippen LogP contribution in [-0.2, 0) is 9.53 Å². The van der Waals surface area contributed by atoms with E-state index in [2.05, 4.69) is 5.32 Å². The number of carbonyl (C=O) groups excluding carboxylic acids is 1. The van der Waals surface area contributed by atoms with Crippen molar-refractivity contribution in [2.45, 2.75) is 39.2 Å². The van der Waals surface area contributed by atoms with Gasteiger partial charge in [0.1, 0.15) is 0 Å². The number of amides is 1. The number of nitrogens with one attached hydrogen (secondary N) is 1. The molecule has 0 aliphatic carbocycles. The molecule has 0 bridgehead atoms. The summed E-state index contributed by atoms with van der Waals surface area (Å²) in [7, 11) is 0. The van der Waals surface area contributed by atoms with Gasteiger partial charge in [0.25, 0.3) is 0 Å². The molecule has 0 saturated heterocycles. The van der Waals surface area contributed by atoms with Crippen LogP contribution in [0.4, 0.5) is 0 Å². The molecule has 5 heteroatoms. The summed E-state index contributed by atoms with van der Waals surface area (Å²) in [5, 5.41) is 11.3. The van der Waals surface area contributed by atoms with Crippen molar-refractivity contribution in [1.29, 1.82) is 0 Å². The number of aliphatic hydroxyl groups excluding tert-OH is 1. The number of hydrogen-bond acceptors (Lipinski definition) is 4. The van der Waals surface area contributed by atoms with Crippen LogP contribution >= 0.6 is 0 Å². The van der Waals surface area contributed by atoms with E-state index < -0.39 is 0 Å². The Hall–Kier alpha value is -0.650. The van der Waals surface area contributed by atoms with E-state index in [9.17, 15) is 4.79 Å². The maximum absolute atomic E-state index is 11.6. The highest BCUT2D eigenvalue weighted by molar-refractivity contribution is 5.78. The molecule has 102 valence electrons. The molecular formula is C12H26N2O3. The maximum atomic E-state index is 11.6. The SMILES string of the molecule is CC(N)CCCC(C)C(=O)NCCOCCO. The van der Waals surface area contributed by atoms with Gasteiger partial charge in [-0.3, -0.25) is 4.79 Å². The van der Waals surface area contributed by atoms with Gasteiger partial charge in [-0.25, -0.2) is 0 Å². The van der Waals surface area contributed by atoms with Crippen LogP contribution in [0.2, 0.25) is 0 Å². The van der Waals surface area contributed by atoms with Gasteiger partial charge in [-0.2, -0.15) is 0 Å². The third-order valence-corrected chi connectivity index (χ3v) is 2.53. The van der Waals surface area contributed by atoms with Gasteiger partial charge in [0.05, 0.1) is 19.8 Å². The highest BCUT2D eigenvalue weighted by Gasteiger charge is 2.11. The Balaban J connectivity index is 3.47. The number of carbonyl (C=O) groups is 1. The summed E-state index contributed by atoms with van der Waals surface area (Å²) in [6.07, 6.45) is 2.80. The second-order valence-corrected chi connectivity index (χ2v) is 4.44. The molecule has 5 nitrogen and oxygen atoms in total. The van der Waals surface area contributed by atoms with Crippen molar-refractivity contribution in [3.05, 3.63) is 0 Å². The molecule has 0 radical (unpaired) electrons. The molecule has 0 aromatic heterocycles. The molecule has 0 spiro atoms. The minimum Gasteiger partial charge on any atom is -0.394 e. The van der Waals surface area contributed by atoms with Gasteiger partial charge >= 0.3 is 0 Å². The van der Waals surface area contributed by atoms with Crippen molar-refractivity contribution in [3.63, 3.8) is 0 Å². The third-order valence-electron chi connectivity index (χ3n) is 2.53. The number of nitrogens with two attached hydrogens (primary N) is 1. The van der Waals surface area contributed by atoms with Gasteiger partial charge in [-0.1, -0.05) is 13.3 Å². The van der Waals surface area contributed by atoms with E-state index in [0.717, 1.165) is 19.3 Å². The molecule has 0 aliphatic heterocycles. The van der Waals surface area contributed by atoms with Gasteiger partial charge in [0.15, 0.2) is 0 Å². The maximum Gasteiger partial charge on any atom is 0.222 e. The lowest BCUT2D eigenvalue weighted by molar-refractivity contribution is -0.124. The largest absolute Gasteiger partial charge is 0.394 e. The number of aliphatic hydroxyl groups is 1. The lowest BCUT2D eigenvalue weighted by Gasteiger charge is -2.12. The van der Waals surface area contributed by atoms with Crippen LogP contribution in [0.3, 0.4) is 0 Å². The van der Waals surface area contributed by atoms with E-state index in [1.165, 1.54) is 0 Å².